The lowest BCUT2D eigenvalue weighted by molar-refractivity contribution is 0.0976. The molecule has 6 heteroatoms. The Hall–Kier alpha value is -3.98. The summed E-state index contributed by atoms with van der Waals surface area (Å²) in [5.41, 5.74) is 3.52. The van der Waals surface area contributed by atoms with Crippen LogP contribution in [0.1, 0.15) is 38.9 Å². The summed E-state index contributed by atoms with van der Waals surface area (Å²) in [5, 5.41) is 11.7. The van der Waals surface area contributed by atoms with Crippen LogP contribution < -0.4 is 10.2 Å². The van der Waals surface area contributed by atoms with Crippen LogP contribution in [0.25, 0.3) is 0 Å². The number of nitrogens with one attached hydrogen (secondary N) is 1. The van der Waals surface area contributed by atoms with Crippen LogP contribution in [0, 0.1) is 11.3 Å². The summed E-state index contributed by atoms with van der Waals surface area (Å²) in [6.45, 7) is 2.00. The minimum absolute atomic E-state index is 0.0212. The Labute approximate surface area is 168 Å². The van der Waals surface area contributed by atoms with Crippen molar-refractivity contribution in [1.29, 1.82) is 5.26 Å². The number of nitriles is 1. The van der Waals surface area contributed by atoms with Crippen LogP contribution in [0.15, 0.2) is 66.9 Å². The summed E-state index contributed by atoms with van der Waals surface area (Å²) >= 11 is 0. The van der Waals surface area contributed by atoms with Gasteiger partial charge in [-0.1, -0.05) is 24.3 Å². The standard InChI is InChI=1S/C23H18N4O2/c1-15-11-17-6-2-3-8-21(17)27(15)23(29)20-13-18(9-10-25-20)22(28)26-19-7-4-5-16(12-19)14-24/h2-10,12-13,15H,11H2,1H3,(H,26,28). The average molecular weight is 382 g/mol. The van der Waals surface area contributed by atoms with Gasteiger partial charge >= 0.3 is 0 Å². The minimum Gasteiger partial charge on any atom is -0.322 e. The monoisotopic (exact) mass is 382 g/mol. The van der Waals surface area contributed by atoms with Crippen molar-refractivity contribution in [3.63, 3.8) is 0 Å². The van der Waals surface area contributed by atoms with Crippen molar-refractivity contribution in [3.05, 3.63) is 89.2 Å². The smallest absolute Gasteiger partial charge is 0.277 e. The topological polar surface area (TPSA) is 86.1 Å². The van der Waals surface area contributed by atoms with Crippen molar-refractivity contribution in [2.24, 2.45) is 0 Å². The molecule has 2 heterocycles. The van der Waals surface area contributed by atoms with Gasteiger partial charge in [0.05, 0.1) is 11.6 Å². The van der Waals surface area contributed by atoms with Gasteiger partial charge in [0, 0.05) is 29.2 Å². The molecule has 142 valence electrons. The molecule has 0 saturated heterocycles. The largest absolute Gasteiger partial charge is 0.322 e. The van der Waals surface area contributed by atoms with Crippen LogP contribution in [-0.4, -0.2) is 22.8 Å². The zero-order chi connectivity index (χ0) is 20.4. The van der Waals surface area contributed by atoms with E-state index in [1.165, 1.54) is 12.3 Å². The number of nitrogens with zero attached hydrogens (tertiary/aromatic N) is 3. The molecule has 1 N–H and O–H groups in total. The van der Waals surface area contributed by atoms with E-state index in [0.29, 0.717) is 16.8 Å². The Morgan fingerprint density at radius 3 is 2.79 bits per heavy atom. The molecule has 6 nitrogen and oxygen atoms in total. The van der Waals surface area contributed by atoms with E-state index >= 15 is 0 Å². The third-order valence-electron chi connectivity index (χ3n) is 4.92. The second-order valence-corrected chi connectivity index (χ2v) is 6.93. The van der Waals surface area contributed by atoms with Gasteiger partial charge in [0.15, 0.2) is 0 Å². The number of rotatable bonds is 3. The van der Waals surface area contributed by atoms with Gasteiger partial charge in [0.2, 0.25) is 0 Å². The van der Waals surface area contributed by atoms with E-state index in [2.05, 4.69) is 10.3 Å². The van der Waals surface area contributed by atoms with Gasteiger partial charge in [0.1, 0.15) is 5.69 Å². The molecule has 4 rings (SSSR count). The fraction of sp³-hybridized carbons (Fsp3) is 0.130. The van der Waals surface area contributed by atoms with Gasteiger partial charge in [-0.3, -0.25) is 14.6 Å². The first kappa shape index (κ1) is 18.4. The van der Waals surface area contributed by atoms with E-state index < -0.39 is 0 Å². The normalized spacial score (nSPS) is 14.8. The summed E-state index contributed by atoms with van der Waals surface area (Å²) in [7, 11) is 0. The highest BCUT2D eigenvalue weighted by Crippen LogP contribution is 2.32. The lowest BCUT2D eigenvalue weighted by Crippen LogP contribution is -2.36. The molecule has 2 amide bonds. The highest BCUT2D eigenvalue weighted by atomic mass is 16.2. The lowest BCUT2D eigenvalue weighted by atomic mass is 10.1. The maximum Gasteiger partial charge on any atom is 0.277 e. The average Bonchev–Trinajstić information content (AvgIpc) is 3.09. The van der Waals surface area contributed by atoms with E-state index in [1.54, 1.807) is 35.2 Å². The Morgan fingerprint density at radius 2 is 1.97 bits per heavy atom. The molecule has 0 fully saturated rings. The fourth-order valence-corrected chi connectivity index (χ4v) is 3.56. The molecule has 1 unspecified atom stereocenters. The molecule has 0 radical (unpaired) electrons. The minimum atomic E-state index is -0.369. The van der Waals surface area contributed by atoms with Crippen LogP contribution in [0.2, 0.25) is 0 Å². The zero-order valence-electron chi connectivity index (χ0n) is 15.8. The predicted molar refractivity (Wildman–Crippen MR) is 110 cm³/mol. The molecule has 1 aliphatic heterocycles. The van der Waals surface area contributed by atoms with E-state index in [0.717, 1.165) is 17.7 Å². The molecule has 1 aliphatic rings. The van der Waals surface area contributed by atoms with Crippen molar-refractivity contribution < 1.29 is 9.59 Å². The number of aromatic nitrogens is 1. The van der Waals surface area contributed by atoms with E-state index in [-0.39, 0.29) is 23.6 Å². The number of hydrogen-bond acceptors (Lipinski definition) is 4. The maximum absolute atomic E-state index is 13.1. The Kier molecular flexibility index (Phi) is 4.80. The molecular formula is C23H18N4O2. The molecule has 29 heavy (non-hydrogen) atoms. The molecule has 1 atom stereocenters. The zero-order valence-corrected chi connectivity index (χ0v) is 15.8. The summed E-state index contributed by atoms with van der Waals surface area (Å²) in [6.07, 6.45) is 2.25. The van der Waals surface area contributed by atoms with E-state index in [4.69, 9.17) is 5.26 Å². The summed E-state index contributed by atoms with van der Waals surface area (Å²) in [6, 6.07) is 19.6. The van der Waals surface area contributed by atoms with E-state index in [9.17, 15) is 9.59 Å². The van der Waals surface area contributed by atoms with Gasteiger partial charge in [0.25, 0.3) is 11.8 Å². The van der Waals surface area contributed by atoms with Crippen LogP contribution in [0.5, 0.6) is 0 Å². The SMILES string of the molecule is CC1Cc2ccccc2N1C(=O)c1cc(C(=O)Nc2cccc(C#N)c2)ccn1. The van der Waals surface area contributed by atoms with Crippen molar-refractivity contribution in [1.82, 2.24) is 4.98 Å². The number of carbonyl (C=O) groups is 2. The van der Waals surface area contributed by atoms with Crippen LogP contribution in [0.4, 0.5) is 11.4 Å². The molecule has 0 saturated carbocycles. The first-order valence-electron chi connectivity index (χ1n) is 9.26. The van der Waals surface area contributed by atoms with Crippen molar-refractivity contribution in [2.45, 2.75) is 19.4 Å². The van der Waals surface area contributed by atoms with Gasteiger partial charge in [-0.2, -0.15) is 5.26 Å². The summed E-state index contributed by atoms with van der Waals surface area (Å²) in [5.74, 6) is -0.602. The summed E-state index contributed by atoms with van der Waals surface area (Å²) in [4.78, 5) is 31.7. The number of hydrogen-bond donors (Lipinski definition) is 1. The number of para-hydroxylation sites is 1. The molecule has 2 aromatic carbocycles. The molecule has 1 aromatic heterocycles. The number of carbonyl (C=O) groups excluding carboxylic acids is 2. The van der Waals surface area contributed by atoms with Crippen LogP contribution >= 0.6 is 0 Å². The second kappa shape index (κ2) is 7.56. The Balaban J connectivity index is 1.58. The maximum atomic E-state index is 13.1. The Morgan fingerprint density at radius 1 is 1.14 bits per heavy atom. The van der Waals surface area contributed by atoms with Crippen LogP contribution in [0.3, 0.4) is 0 Å². The third-order valence-corrected chi connectivity index (χ3v) is 4.92. The molecular weight excluding hydrogens is 364 g/mol. The Bertz CT molecular complexity index is 1150. The fourth-order valence-electron chi connectivity index (χ4n) is 3.56. The number of benzene rings is 2. The predicted octanol–water partition coefficient (Wildman–Crippen LogP) is 3.80. The molecule has 0 aliphatic carbocycles. The second-order valence-electron chi connectivity index (χ2n) is 6.93. The van der Waals surface area contributed by atoms with Crippen molar-refractivity contribution >= 4 is 23.2 Å². The van der Waals surface area contributed by atoms with E-state index in [1.807, 2.05) is 37.3 Å². The van der Waals surface area contributed by atoms with Crippen LogP contribution in [-0.2, 0) is 6.42 Å². The third kappa shape index (κ3) is 3.58. The van der Waals surface area contributed by atoms with Gasteiger partial charge in [-0.15, -0.1) is 0 Å². The van der Waals surface area contributed by atoms with Gasteiger partial charge in [-0.05, 0) is 55.3 Å². The van der Waals surface area contributed by atoms with Crippen molar-refractivity contribution in [3.8, 4) is 6.07 Å². The first-order chi connectivity index (χ1) is 14.1. The van der Waals surface area contributed by atoms with Gasteiger partial charge in [-0.25, -0.2) is 0 Å². The highest BCUT2D eigenvalue weighted by molar-refractivity contribution is 6.09. The number of pyridine rings is 1. The number of amides is 2. The highest BCUT2D eigenvalue weighted by Gasteiger charge is 2.32. The summed E-state index contributed by atoms with van der Waals surface area (Å²) < 4.78 is 0. The molecule has 3 aromatic rings. The quantitative estimate of drug-likeness (QED) is 0.747. The first-order valence-corrected chi connectivity index (χ1v) is 9.26. The molecule has 0 spiro atoms. The lowest BCUT2D eigenvalue weighted by Gasteiger charge is -2.22. The molecule has 0 bridgehead atoms. The number of fused-ring (bicyclic) bond motifs is 1. The van der Waals surface area contributed by atoms with Gasteiger partial charge < -0.3 is 10.2 Å². The number of anilines is 2. The van der Waals surface area contributed by atoms with Crippen molar-refractivity contribution in [2.75, 3.05) is 10.2 Å².